The molecule has 3 heteroatoms. The molecule has 0 aliphatic carbocycles. The maximum Gasteiger partial charge on any atom is 0.0457 e. The molecule has 20 heavy (non-hydrogen) atoms. The van der Waals surface area contributed by atoms with Crippen molar-refractivity contribution in [2.75, 3.05) is 26.2 Å². The molecule has 3 nitrogen and oxygen atoms in total. The third kappa shape index (κ3) is 2.48. The van der Waals surface area contributed by atoms with E-state index in [9.17, 15) is 0 Å². The molecule has 1 atom stereocenters. The zero-order valence-electron chi connectivity index (χ0n) is 12.7. The van der Waals surface area contributed by atoms with Crippen LogP contribution in [0.2, 0.25) is 0 Å². The molecule has 3 rings (SSSR count). The van der Waals surface area contributed by atoms with Gasteiger partial charge in [-0.25, -0.2) is 0 Å². The second-order valence-corrected chi connectivity index (χ2v) is 6.84. The van der Waals surface area contributed by atoms with Crippen LogP contribution in [0.4, 0.5) is 0 Å². The number of hydrogen-bond donors (Lipinski definition) is 2. The molecular formula is C17H25N3. The lowest BCUT2D eigenvalue weighted by atomic mass is 9.80. The number of benzene rings is 1. The third-order valence-corrected chi connectivity index (χ3v) is 4.26. The minimum atomic E-state index is 0.225. The highest BCUT2D eigenvalue weighted by Gasteiger charge is 2.33. The van der Waals surface area contributed by atoms with E-state index >= 15 is 0 Å². The lowest BCUT2D eigenvalue weighted by molar-refractivity contribution is 0.0873. The van der Waals surface area contributed by atoms with Crippen molar-refractivity contribution in [1.82, 2.24) is 15.2 Å². The Labute approximate surface area is 121 Å². The van der Waals surface area contributed by atoms with Crippen LogP contribution in [0.1, 0.15) is 32.4 Å². The van der Waals surface area contributed by atoms with Crippen LogP contribution in [-0.2, 0) is 0 Å². The maximum atomic E-state index is 3.46. The number of rotatable bonds is 2. The van der Waals surface area contributed by atoms with Crippen molar-refractivity contribution in [2.45, 2.75) is 26.8 Å². The largest absolute Gasteiger partial charge is 0.361 e. The number of nitrogens with zero attached hydrogens (tertiary/aromatic N) is 1. The van der Waals surface area contributed by atoms with Gasteiger partial charge in [-0.15, -0.1) is 0 Å². The fourth-order valence-electron chi connectivity index (χ4n) is 3.50. The molecule has 2 heterocycles. The fourth-order valence-corrected chi connectivity index (χ4v) is 3.50. The quantitative estimate of drug-likeness (QED) is 0.879. The maximum absolute atomic E-state index is 3.46. The molecular weight excluding hydrogens is 246 g/mol. The minimum Gasteiger partial charge on any atom is -0.361 e. The lowest BCUT2D eigenvalue weighted by Gasteiger charge is -2.43. The number of piperazine rings is 1. The number of fused-ring (bicyclic) bond motifs is 1. The first-order chi connectivity index (χ1) is 9.57. The van der Waals surface area contributed by atoms with Crippen molar-refractivity contribution in [1.29, 1.82) is 0 Å². The molecule has 0 radical (unpaired) electrons. The second kappa shape index (κ2) is 5.23. The average Bonchev–Trinajstić information content (AvgIpc) is 2.88. The molecule has 108 valence electrons. The van der Waals surface area contributed by atoms with Crippen LogP contribution in [-0.4, -0.2) is 36.1 Å². The fraction of sp³-hybridized carbons (Fsp3) is 0.529. The first kappa shape index (κ1) is 13.7. The summed E-state index contributed by atoms with van der Waals surface area (Å²) in [5, 5.41) is 4.82. The summed E-state index contributed by atoms with van der Waals surface area (Å²) in [5.41, 5.74) is 2.92. The molecule has 2 N–H and O–H groups in total. The van der Waals surface area contributed by atoms with Gasteiger partial charge in [-0.3, -0.25) is 4.90 Å². The van der Waals surface area contributed by atoms with Crippen LogP contribution in [0.15, 0.2) is 30.5 Å². The van der Waals surface area contributed by atoms with Gasteiger partial charge in [-0.2, -0.15) is 0 Å². The molecule has 0 bridgehead atoms. The smallest absolute Gasteiger partial charge is 0.0457 e. The Morgan fingerprint density at radius 2 is 1.85 bits per heavy atom. The summed E-state index contributed by atoms with van der Waals surface area (Å²) < 4.78 is 0. The predicted molar refractivity (Wildman–Crippen MR) is 84.9 cm³/mol. The van der Waals surface area contributed by atoms with Crippen LogP contribution in [0.5, 0.6) is 0 Å². The Hall–Kier alpha value is -1.32. The molecule has 1 aromatic carbocycles. The highest BCUT2D eigenvalue weighted by atomic mass is 15.2. The molecule has 0 spiro atoms. The van der Waals surface area contributed by atoms with Crippen molar-refractivity contribution in [2.24, 2.45) is 5.41 Å². The highest BCUT2D eigenvalue weighted by molar-refractivity contribution is 5.83. The van der Waals surface area contributed by atoms with Gasteiger partial charge in [-0.1, -0.05) is 32.9 Å². The first-order valence-electron chi connectivity index (χ1n) is 7.58. The van der Waals surface area contributed by atoms with E-state index in [1.165, 1.54) is 16.5 Å². The van der Waals surface area contributed by atoms with Crippen LogP contribution in [0.3, 0.4) is 0 Å². The predicted octanol–water partition coefficient (Wildman–Crippen LogP) is 3.16. The Balaban J connectivity index is 2.06. The SMILES string of the molecule is CC(C)(C)[C@@H](c1cccc2[nH]ccc12)N1CCNCC1. The Morgan fingerprint density at radius 3 is 2.55 bits per heavy atom. The monoisotopic (exact) mass is 271 g/mol. The summed E-state index contributed by atoms with van der Waals surface area (Å²) >= 11 is 0. The molecule has 0 amide bonds. The minimum absolute atomic E-state index is 0.225. The van der Waals surface area contributed by atoms with Gasteiger partial charge in [0.2, 0.25) is 0 Å². The molecule has 1 aromatic heterocycles. The summed E-state index contributed by atoms with van der Waals surface area (Å²) in [5.74, 6) is 0. The molecule has 1 aliphatic rings. The molecule has 0 unspecified atom stereocenters. The molecule has 1 aliphatic heterocycles. The zero-order chi connectivity index (χ0) is 14.2. The summed E-state index contributed by atoms with van der Waals surface area (Å²) in [4.78, 5) is 5.98. The van der Waals surface area contributed by atoms with Gasteiger partial charge in [0, 0.05) is 49.3 Å². The van der Waals surface area contributed by atoms with E-state index in [0.29, 0.717) is 6.04 Å². The highest BCUT2D eigenvalue weighted by Crippen LogP contribution is 2.40. The second-order valence-electron chi connectivity index (χ2n) is 6.84. The van der Waals surface area contributed by atoms with Crippen LogP contribution in [0.25, 0.3) is 10.9 Å². The van der Waals surface area contributed by atoms with Crippen molar-refractivity contribution < 1.29 is 0 Å². The van der Waals surface area contributed by atoms with E-state index in [2.05, 4.69) is 60.2 Å². The third-order valence-electron chi connectivity index (χ3n) is 4.26. The number of nitrogens with one attached hydrogen (secondary N) is 2. The van der Waals surface area contributed by atoms with Gasteiger partial charge in [0.25, 0.3) is 0 Å². The Bertz CT molecular complexity index is 573. The van der Waals surface area contributed by atoms with Gasteiger partial charge < -0.3 is 10.3 Å². The molecule has 1 fully saturated rings. The number of aromatic nitrogens is 1. The molecule has 0 saturated carbocycles. The van der Waals surface area contributed by atoms with Crippen LogP contribution >= 0.6 is 0 Å². The first-order valence-corrected chi connectivity index (χ1v) is 7.58. The van der Waals surface area contributed by atoms with E-state index in [-0.39, 0.29) is 5.41 Å². The summed E-state index contributed by atoms with van der Waals surface area (Å²) in [6.45, 7) is 11.5. The van der Waals surface area contributed by atoms with E-state index in [0.717, 1.165) is 26.2 Å². The summed E-state index contributed by atoms with van der Waals surface area (Å²) in [7, 11) is 0. The average molecular weight is 271 g/mol. The van der Waals surface area contributed by atoms with Crippen molar-refractivity contribution >= 4 is 10.9 Å². The van der Waals surface area contributed by atoms with E-state index in [1.54, 1.807) is 0 Å². The van der Waals surface area contributed by atoms with Gasteiger partial charge in [0.1, 0.15) is 0 Å². The normalized spacial score (nSPS) is 19.4. The van der Waals surface area contributed by atoms with E-state index in [4.69, 9.17) is 0 Å². The topological polar surface area (TPSA) is 31.1 Å². The number of aromatic amines is 1. The van der Waals surface area contributed by atoms with E-state index in [1.807, 2.05) is 6.20 Å². The van der Waals surface area contributed by atoms with Crippen molar-refractivity contribution in [3.05, 3.63) is 36.0 Å². The summed E-state index contributed by atoms with van der Waals surface area (Å²) in [6.07, 6.45) is 2.05. The lowest BCUT2D eigenvalue weighted by Crippen LogP contribution is -2.48. The van der Waals surface area contributed by atoms with Crippen molar-refractivity contribution in [3.63, 3.8) is 0 Å². The van der Waals surface area contributed by atoms with Crippen LogP contribution < -0.4 is 5.32 Å². The summed E-state index contributed by atoms with van der Waals surface area (Å²) in [6, 6.07) is 9.31. The number of hydrogen-bond acceptors (Lipinski definition) is 2. The number of H-pyrrole nitrogens is 1. The van der Waals surface area contributed by atoms with E-state index < -0.39 is 0 Å². The van der Waals surface area contributed by atoms with Gasteiger partial charge in [0.15, 0.2) is 0 Å². The van der Waals surface area contributed by atoms with Gasteiger partial charge >= 0.3 is 0 Å². The van der Waals surface area contributed by atoms with Crippen LogP contribution in [0, 0.1) is 5.41 Å². The molecule has 2 aromatic rings. The van der Waals surface area contributed by atoms with Crippen molar-refractivity contribution in [3.8, 4) is 0 Å². The Kier molecular flexibility index (Phi) is 3.57. The molecule has 1 saturated heterocycles. The zero-order valence-corrected chi connectivity index (χ0v) is 12.7. The van der Waals surface area contributed by atoms with Gasteiger partial charge in [-0.05, 0) is 23.1 Å². The Morgan fingerprint density at radius 1 is 1.10 bits per heavy atom. The standard InChI is InChI=1S/C17H25N3/c1-17(2,3)16(20-11-9-18-10-12-20)14-5-4-6-15-13(14)7-8-19-15/h4-8,16,18-19H,9-12H2,1-3H3/t16-/m1/s1. The van der Waals surface area contributed by atoms with Gasteiger partial charge in [0.05, 0.1) is 0 Å².